The van der Waals surface area contributed by atoms with Crippen LogP contribution >= 0.6 is 0 Å². The highest BCUT2D eigenvalue weighted by Crippen LogP contribution is 2.23. The molecule has 0 aliphatic carbocycles. The van der Waals surface area contributed by atoms with E-state index in [1.165, 1.54) is 0 Å². The summed E-state index contributed by atoms with van der Waals surface area (Å²) >= 11 is 0. The van der Waals surface area contributed by atoms with Gasteiger partial charge in [-0.25, -0.2) is 0 Å². The lowest BCUT2D eigenvalue weighted by Gasteiger charge is -2.15. The Balaban J connectivity index is 2.28. The zero-order valence-electron chi connectivity index (χ0n) is 8.83. The molecule has 0 aromatic heterocycles. The first-order valence-electron chi connectivity index (χ1n) is 4.95. The first-order chi connectivity index (χ1) is 7.29. The van der Waals surface area contributed by atoms with Gasteiger partial charge in [-0.2, -0.15) is 0 Å². The molecule has 1 rings (SSSR count). The van der Waals surface area contributed by atoms with E-state index in [9.17, 15) is 18.0 Å². The number of likely N-dealkylation sites (tertiary alicyclic amines) is 1. The molecule has 1 fully saturated rings. The summed E-state index contributed by atoms with van der Waals surface area (Å²) in [5.74, 6) is -1.43. The van der Waals surface area contributed by atoms with Crippen molar-refractivity contribution in [3.05, 3.63) is 0 Å². The molecule has 1 aliphatic heterocycles. The number of carboxylic acid groups (broad SMARTS) is 1. The van der Waals surface area contributed by atoms with Crippen LogP contribution < -0.4 is 0 Å². The molecule has 2 atom stereocenters. The zero-order valence-corrected chi connectivity index (χ0v) is 8.83. The van der Waals surface area contributed by atoms with Gasteiger partial charge in [0.05, 0.1) is 12.5 Å². The van der Waals surface area contributed by atoms with Crippen LogP contribution in [0.4, 0.5) is 13.2 Å². The second kappa shape index (κ2) is 5.01. The van der Waals surface area contributed by atoms with Crippen LogP contribution in [0.2, 0.25) is 0 Å². The maximum Gasteiger partial charge on any atom is 0.522 e. The molecule has 4 nitrogen and oxygen atoms in total. The Morgan fingerprint density at radius 2 is 2.12 bits per heavy atom. The van der Waals surface area contributed by atoms with Crippen molar-refractivity contribution in [2.75, 3.05) is 26.2 Å². The van der Waals surface area contributed by atoms with E-state index in [4.69, 9.17) is 5.11 Å². The Bertz CT molecular complexity index is 257. The highest BCUT2D eigenvalue weighted by molar-refractivity contribution is 5.71. The molecule has 94 valence electrons. The summed E-state index contributed by atoms with van der Waals surface area (Å²) in [6.07, 6.45) is -4.61. The van der Waals surface area contributed by atoms with Gasteiger partial charge in [-0.3, -0.25) is 14.4 Å². The molecule has 1 heterocycles. The molecule has 0 aromatic rings. The Morgan fingerprint density at radius 1 is 1.50 bits per heavy atom. The van der Waals surface area contributed by atoms with Gasteiger partial charge in [0.25, 0.3) is 0 Å². The fraction of sp³-hybridized carbons (Fsp3) is 0.889. The van der Waals surface area contributed by atoms with Gasteiger partial charge in [0, 0.05) is 19.6 Å². The van der Waals surface area contributed by atoms with Crippen molar-refractivity contribution in [1.29, 1.82) is 0 Å². The Morgan fingerprint density at radius 3 is 2.56 bits per heavy atom. The van der Waals surface area contributed by atoms with Crippen LogP contribution in [0.5, 0.6) is 0 Å². The Hall–Kier alpha value is -0.820. The minimum Gasteiger partial charge on any atom is -0.481 e. The minimum atomic E-state index is -4.61. The third kappa shape index (κ3) is 3.97. The summed E-state index contributed by atoms with van der Waals surface area (Å²) in [5.41, 5.74) is 0. The number of carboxylic acids is 1. The van der Waals surface area contributed by atoms with E-state index in [-0.39, 0.29) is 19.0 Å². The van der Waals surface area contributed by atoms with Crippen LogP contribution in [0.3, 0.4) is 0 Å². The molecule has 1 N–H and O–H groups in total. The minimum absolute atomic E-state index is 0.0385. The van der Waals surface area contributed by atoms with Gasteiger partial charge in [-0.1, -0.05) is 6.92 Å². The molecule has 0 saturated carbocycles. The topological polar surface area (TPSA) is 49.8 Å². The van der Waals surface area contributed by atoms with Crippen LogP contribution in [-0.2, 0) is 9.53 Å². The van der Waals surface area contributed by atoms with Crippen molar-refractivity contribution < 1.29 is 27.8 Å². The molecule has 0 bridgehead atoms. The third-order valence-electron chi connectivity index (χ3n) is 2.68. The van der Waals surface area contributed by atoms with Gasteiger partial charge in [-0.15, -0.1) is 13.2 Å². The van der Waals surface area contributed by atoms with Crippen LogP contribution in [-0.4, -0.2) is 48.6 Å². The number of rotatable bonds is 4. The molecule has 0 amide bonds. The van der Waals surface area contributed by atoms with Crippen molar-refractivity contribution in [1.82, 2.24) is 4.90 Å². The summed E-state index contributed by atoms with van der Waals surface area (Å²) in [4.78, 5) is 12.4. The number of halogens is 3. The lowest BCUT2D eigenvalue weighted by Crippen LogP contribution is -2.29. The van der Waals surface area contributed by atoms with Crippen LogP contribution in [0.1, 0.15) is 6.92 Å². The van der Waals surface area contributed by atoms with Crippen LogP contribution in [0.15, 0.2) is 0 Å². The van der Waals surface area contributed by atoms with E-state index in [1.807, 2.05) is 0 Å². The lowest BCUT2D eigenvalue weighted by molar-refractivity contribution is -0.324. The fourth-order valence-electron chi connectivity index (χ4n) is 1.86. The third-order valence-corrected chi connectivity index (χ3v) is 2.68. The number of nitrogens with zero attached hydrogens (tertiary/aromatic N) is 1. The van der Waals surface area contributed by atoms with E-state index < -0.39 is 24.9 Å². The molecular weight excluding hydrogens is 227 g/mol. The second-order valence-electron chi connectivity index (χ2n) is 3.98. The number of alkyl halides is 3. The predicted octanol–water partition coefficient (Wildman–Crippen LogP) is 1.18. The van der Waals surface area contributed by atoms with Gasteiger partial charge >= 0.3 is 12.3 Å². The molecule has 2 unspecified atom stereocenters. The molecule has 1 saturated heterocycles. The number of carbonyl (C=O) groups is 1. The van der Waals surface area contributed by atoms with Gasteiger partial charge in [0.15, 0.2) is 0 Å². The summed E-state index contributed by atoms with van der Waals surface area (Å²) < 4.78 is 38.7. The molecular formula is C9H14F3NO3. The number of hydrogen-bond donors (Lipinski definition) is 1. The molecule has 0 radical (unpaired) electrons. The highest BCUT2D eigenvalue weighted by Gasteiger charge is 2.35. The zero-order chi connectivity index (χ0) is 12.3. The summed E-state index contributed by atoms with van der Waals surface area (Å²) in [6, 6.07) is 0. The smallest absolute Gasteiger partial charge is 0.481 e. The largest absolute Gasteiger partial charge is 0.522 e. The quantitative estimate of drug-likeness (QED) is 0.802. The molecule has 0 spiro atoms. The molecule has 16 heavy (non-hydrogen) atoms. The molecule has 7 heteroatoms. The van der Waals surface area contributed by atoms with E-state index in [1.54, 1.807) is 11.8 Å². The fourth-order valence-corrected chi connectivity index (χ4v) is 1.86. The normalized spacial score (nSPS) is 27.2. The Labute approximate surface area is 91.0 Å². The second-order valence-corrected chi connectivity index (χ2v) is 3.98. The van der Waals surface area contributed by atoms with Gasteiger partial charge in [0.1, 0.15) is 0 Å². The average Bonchev–Trinajstić information content (AvgIpc) is 2.44. The molecule has 1 aliphatic rings. The maximum absolute atomic E-state index is 11.7. The van der Waals surface area contributed by atoms with Crippen molar-refractivity contribution in [2.45, 2.75) is 13.3 Å². The summed E-state index contributed by atoms with van der Waals surface area (Å²) in [5, 5.41) is 8.82. The standard InChI is InChI=1S/C9H14F3NO3/c1-6-4-13(5-7(6)8(14)15)2-3-16-9(10,11)12/h6-7H,2-5H2,1H3,(H,14,15). The van der Waals surface area contributed by atoms with Gasteiger partial charge < -0.3 is 5.11 Å². The van der Waals surface area contributed by atoms with E-state index in [0.29, 0.717) is 6.54 Å². The summed E-state index contributed by atoms with van der Waals surface area (Å²) in [6.45, 7) is 2.22. The van der Waals surface area contributed by atoms with Crippen LogP contribution in [0, 0.1) is 11.8 Å². The first kappa shape index (κ1) is 13.2. The number of hydrogen-bond acceptors (Lipinski definition) is 3. The van der Waals surface area contributed by atoms with Crippen molar-refractivity contribution in [2.24, 2.45) is 11.8 Å². The average molecular weight is 241 g/mol. The SMILES string of the molecule is CC1CN(CCOC(F)(F)F)CC1C(=O)O. The van der Waals surface area contributed by atoms with Gasteiger partial charge in [0.2, 0.25) is 0 Å². The van der Waals surface area contributed by atoms with Gasteiger partial charge in [-0.05, 0) is 5.92 Å². The van der Waals surface area contributed by atoms with Crippen molar-refractivity contribution >= 4 is 5.97 Å². The Kier molecular flexibility index (Phi) is 4.15. The van der Waals surface area contributed by atoms with Crippen LogP contribution in [0.25, 0.3) is 0 Å². The first-order valence-corrected chi connectivity index (χ1v) is 4.95. The lowest BCUT2D eigenvalue weighted by atomic mass is 9.99. The van der Waals surface area contributed by atoms with E-state index >= 15 is 0 Å². The summed E-state index contributed by atoms with van der Waals surface area (Å²) in [7, 11) is 0. The van der Waals surface area contributed by atoms with Crippen molar-refractivity contribution in [3.8, 4) is 0 Å². The molecule has 0 aromatic carbocycles. The van der Waals surface area contributed by atoms with E-state index in [0.717, 1.165) is 0 Å². The van der Waals surface area contributed by atoms with Crippen molar-refractivity contribution in [3.63, 3.8) is 0 Å². The highest BCUT2D eigenvalue weighted by atomic mass is 19.4. The number of aliphatic carboxylic acids is 1. The number of ether oxygens (including phenoxy) is 1. The monoisotopic (exact) mass is 241 g/mol. The maximum atomic E-state index is 11.7. The van der Waals surface area contributed by atoms with E-state index in [2.05, 4.69) is 4.74 Å². The predicted molar refractivity (Wildman–Crippen MR) is 48.7 cm³/mol.